The smallest absolute Gasteiger partial charge is 0.150 e. The number of nitrogens with one attached hydrogen (secondary N) is 1. The quantitative estimate of drug-likeness (QED) is 0.560. The summed E-state index contributed by atoms with van der Waals surface area (Å²) in [7, 11) is 0. The van der Waals surface area contributed by atoms with E-state index in [2.05, 4.69) is 33.2 Å². The van der Waals surface area contributed by atoms with E-state index < -0.39 is 0 Å². The number of aromatic amines is 1. The molecule has 0 saturated heterocycles. The first kappa shape index (κ1) is 14.0. The average molecular weight is 323 g/mol. The van der Waals surface area contributed by atoms with Crippen molar-refractivity contribution in [2.45, 2.75) is 12.3 Å². The summed E-state index contributed by atoms with van der Waals surface area (Å²) < 4.78 is 0. The minimum Gasteiger partial charge on any atom is -0.382 e. The lowest BCUT2D eigenvalue weighted by molar-refractivity contribution is 1.16. The number of H-pyrrole nitrogens is 1. The number of halogens is 1. The van der Waals surface area contributed by atoms with Crippen molar-refractivity contribution in [2.24, 2.45) is 0 Å². The molecular formula is C18H15ClN4. The first-order chi connectivity index (χ1) is 11.3. The zero-order valence-corrected chi connectivity index (χ0v) is 13.1. The maximum Gasteiger partial charge on any atom is 0.150 e. The van der Waals surface area contributed by atoms with Crippen molar-refractivity contribution in [1.29, 1.82) is 0 Å². The number of nitrogens with zero attached hydrogens (tertiary/aromatic N) is 2. The highest BCUT2D eigenvalue weighted by Gasteiger charge is 2.13. The minimum atomic E-state index is 0.475. The Kier molecular flexibility index (Phi) is 3.39. The van der Waals surface area contributed by atoms with Crippen LogP contribution in [-0.4, -0.2) is 15.0 Å². The molecule has 0 saturated carbocycles. The zero-order valence-electron chi connectivity index (χ0n) is 12.4. The number of fused-ring (bicyclic) bond motifs is 3. The van der Waals surface area contributed by atoms with Gasteiger partial charge in [0.05, 0.1) is 11.8 Å². The van der Waals surface area contributed by atoms with Gasteiger partial charge in [0.25, 0.3) is 0 Å². The van der Waals surface area contributed by atoms with Crippen molar-refractivity contribution in [3.05, 3.63) is 65.5 Å². The molecule has 0 aliphatic heterocycles. The van der Waals surface area contributed by atoms with Crippen LogP contribution in [0.3, 0.4) is 0 Å². The number of nitrogen functional groups attached to an aromatic ring is 1. The highest BCUT2D eigenvalue weighted by molar-refractivity contribution is 6.17. The molecule has 23 heavy (non-hydrogen) atoms. The fourth-order valence-corrected chi connectivity index (χ4v) is 3.29. The summed E-state index contributed by atoms with van der Waals surface area (Å²) in [5, 5.41) is 1.04. The van der Waals surface area contributed by atoms with E-state index in [9.17, 15) is 0 Å². The molecule has 0 bridgehead atoms. The average Bonchev–Trinajstić information content (AvgIpc) is 3.06. The Labute approximate surface area is 138 Å². The highest BCUT2D eigenvalue weighted by atomic mass is 35.5. The normalized spacial score (nSPS) is 11.3. The summed E-state index contributed by atoms with van der Waals surface area (Å²) in [5.41, 5.74) is 12.1. The van der Waals surface area contributed by atoms with Crippen LogP contribution in [0.4, 0.5) is 5.82 Å². The monoisotopic (exact) mass is 322 g/mol. The van der Waals surface area contributed by atoms with Crippen LogP contribution in [0, 0.1) is 0 Å². The Morgan fingerprint density at radius 3 is 2.61 bits per heavy atom. The number of hydrogen-bond acceptors (Lipinski definition) is 3. The van der Waals surface area contributed by atoms with Crippen molar-refractivity contribution in [3.8, 4) is 0 Å². The van der Waals surface area contributed by atoms with E-state index in [1.165, 1.54) is 11.1 Å². The van der Waals surface area contributed by atoms with E-state index in [0.717, 1.165) is 33.9 Å². The standard InChI is InChI=1S/C18H15ClN4/c19-9-13-5-2-1-4-11(13)8-12-6-3-7-14-15(12)16-17(18(20)23-14)22-10-21-16/h1-7,10H,8-9H2,(H2,20,23)(H,21,22). The summed E-state index contributed by atoms with van der Waals surface area (Å²) in [6.45, 7) is 0. The Hall–Kier alpha value is -2.59. The lowest BCUT2D eigenvalue weighted by Gasteiger charge is -2.10. The van der Waals surface area contributed by atoms with Crippen LogP contribution in [0.5, 0.6) is 0 Å². The van der Waals surface area contributed by atoms with Crippen LogP contribution in [0.2, 0.25) is 0 Å². The van der Waals surface area contributed by atoms with Crippen LogP contribution < -0.4 is 5.73 Å². The Bertz CT molecular complexity index is 1010. The first-order valence-electron chi connectivity index (χ1n) is 7.41. The van der Waals surface area contributed by atoms with Gasteiger partial charge in [0, 0.05) is 11.3 Å². The molecule has 3 N–H and O–H groups in total. The van der Waals surface area contributed by atoms with Gasteiger partial charge >= 0.3 is 0 Å². The molecule has 0 spiro atoms. The fourth-order valence-electron chi connectivity index (χ4n) is 3.03. The Morgan fingerprint density at radius 2 is 1.78 bits per heavy atom. The third-order valence-corrected chi connectivity index (χ3v) is 4.43. The molecule has 2 aromatic heterocycles. The first-order valence-corrected chi connectivity index (χ1v) is 7.94. The lowest BCUT2D eigenvalue weighted by atomic mass is 9.97. The summed E-state index contributed by atoms with van der Waals surface area (Å²) in [4.78, 5) is 12.0. The molecule has 5 heteroatoms. The molecule has 2 aromatic carbocycles. The maximum atomic E-state index is 6.07. The molecule has 4 nitrogen and oxygen atoms in total. The number of alkyl halides is 1. The molecule has 0 fully saturated rings. The van der Waals surface area contributed by atoms with Gasteiger partial charge in [0.2, 0.25) is 0 Å². The van der Waals surface area contributed by atoms with Crippen molar-refractivity contribution >= 4 is 39.4 Å². The van der Waals surface area contributed by atoms with Crippen molar-refractivity contribution in [2.75, 3.05) is 5.73 Å². The second-order valence-corrected chi connectivity index (χ2v) is 5.78. The molecular weight excluding hydrogens is 308 g/mol. The van der Waals surface area contributed by atoms with Gasteiger partial charge in [0.15, 0.2) is 0 Å². The van der Waals surface area contributed by atoms with Gasteiger partial charge in [-0.1, -0.05) is 36.4 Å². The highest BCUT2D eigenvalue weighted by Crippen LogP contribution is 2.29. The van der Waals surface area contributed by atoms with Gasteiger partial charge in [0.1, 0.15) is 16.9 Å². The van der Waals surface area contributed by atoms with Crippen LogP contribution in [-0.2, 0) is 12.3 Å². The summed E-state index contributed by atoms with van der Waals surface area (Å²) >= 11 is 6.07. The van der Waals surface area contributed by atoms with Crippen LogP contribution >= 0.6 is 11.6 Å². The Balaban J connectivity index is 1.95. The number of benzene rings is 2. The summed E-state index contributed by atoms with van der Waals surface area (Å²) in [5.74, 6) is 0.979. The van der Waals surface area contributed by atoms with E-state index in [0.29, 0.717) is 11.7 Å². The van der Waals surface area contributed by atoms with Crippen molar-refractivity contribution in [1.82, 2.24) is 15.0 Å². The third-order valence-electron chi connectivity index (χ3n) is 4.15. The van der Waals surface area contributed by atoms with E-state index in [4.69, 9.17) is 17.3 Å². The van der Waals surface area contributed by atoms with E-state index in [1.807, 2.05) is 24.3 Å². The maximum absolute atomic E-state index is 6.07. The molecule has 0 radical (unpaired) electrons. The number of pyridine rings is 1. The zero-order chi connectivity index (χ0) is 15.8. The SMILES string of the molecule is Nc1nc2cccc(Cc3ccccc3CCl)c2c2nc[nH]c12. The number of anilines is 1. The summed E-state index contributed by atoms with van der Waals surface area (Å²) in [6.07, 6.45) is 2.44. The predicted octanol–water partition coefficient (Wildman–Crippen LogP) is 4.02. The number of imidazole rings is 1. The Morgan fingerprint density at radius 1 is 1.00 bits per heavy atom. The van der Waals surface area contributed by atoms with Crippen LogP contribution in [0.1, 0.15) is 16.7 Å². The number of hydrogen-bond donors (Lipinski definition) is 2. The second-order valence-electron chi connectivity index (χ2n) is 5.51. The number of nitrogens with two attached hydrogens (primary N) is 1. The lowest BCUT2D eigenvalue weighted by Crippen LogP contribution is -1.98. The molecule has 4 aromatic rings. The molecule has 114 valence electrons. The minimum absolute atomic E-state index is 0.475. The summed E-state index contributed by atoms with van der Waals surface area (Å²) in [6, 6.07) is 14.3. The molecule has 4 rings (SSSR count). The van der Waals surface area contributed by atoms with Gasteiger partial charge in [-0.2, -0.15) is 0 Å². The predicted molar refractivity (Wildman–Crippen MR) is 94.6 cm³/mol. The molecule has 0 atom stereocenters. The second kappa shape index (κ2) is 5.56. The topological polar surface area (TPSA) is 67.6 Å². The van der Waals surface area contributed by atoms with Crippen LogP contribution in [0.25, 0.3) is 21.9 Å². The molecule has 0 amide bonds. The van der Waals surface area contributed by atoms with Gasteiger partial charge in [-0.25, -0.2) is 9.97 Å². The largest absolute Gasteiger partial charge is 0.382 e. The van der Waals surface area contributed by atoms with E-state index in [1.54, 1.807) is 6.33 Å². The van der Waals surface area contributed by atoms with Gasteiger partial charge in [-0.15, -0.1) is 11.6 Å². The van der Waals surface area contributed by atoms with Gasteiger partial charge < -0.3 is 10.7 Å². The van der Waals surface area contributed by atoms with Crippen molar-refractivity contribution in [3.63, 3.8) is 0 Å². The van der Waals surface area contributed by atoms with Gasteiger partial charge in [-0.05, 0) is 29.2 Å². The molecule has 0 aliphatic rings. The van der Waals surface area contributed by atoms with Crippen molar-refractivity contribution < 1.29 is 0 Å². The number of rotatable bonds is 3. The number of aromatic nitrogens is 3. The van der Waals surface area contributed by atoms with Gasteiger partial charge in [-0.3, -0.25) is 0 Å². The molecule has 2 heterocycles. The third kappa shape index (κ3) is 2.32. The molecule has 0 unspecified atom stereocenters. The molecule has 0 aliphatic carbocycles. The van der Waals surface area contributed by atoms with E-state index >= 15 is 0 Å². The van der Waals surface area contributed by atoms with Crippen LogP contribution in [0.15, 0.2) is 48.8 Å². The van der Waals surface area contributed by atoms with E-state index in [-0.39, 0.29) is 0 Å². The fraction of sp³-hybridized carbons (Fsp3) is 0.111.